The summed E-state index contributed by atoms with van der Waals surface area (Å²) in [5, 5.41) is 11.2. The monoisotopic (exact) mass is 347 g/mol. The van der Waals surface area contributed by atoms with Gasteiger partial charge in [-0.2, -0.15) is 0 Å². The van der Waals surface area contributed by atoms with Crippen LogP contribution < -0.4 is 5.32 Å². The lowest BCUT2D eigenvalue weighted by Crippen LogP contribution is -2.34. The Kier molecular flexibility index (Phi) is 5.71. The van der Waals surface area contributed by atoms with Crippen LogP contribution in [-0.4, -0.2) is 44.6 Å². The zero-order valence-electron chi connectivity index (χ0n) is 15.3. The average Bonchev–Trinajstić information content (AvgIpc) is 3.20. The van der Waals surface area contributed by atoms with Gasteiger partial charge in [0.15, 0.2) is 5.82 Å². The van der Waals surface area contributed by atoms with Crippen LogP contribution in [0.4, 0.5) is 0 Å². The van der Waals surface area contributed by atoms with Crippen molar-refractivity contribution >= 4 is 11.8 Å². The first kappa shape index (κ1) is 17.9. The lowest BCUT2D eigenvalue weighted by molar-refractivity contribution is -0.129. The maximum Gasteiger partial charge on any atom is 0.225 e. The van der Waals surface area contributed by atoms with Gasteiger partial charge in [0.25, 0.3) is 0 Å². The Morgan fingerprint density at radius 3 is 2.80 bits per heavy atom. The van der Waals surface area contributed by atoms with Crippen molar-refractivity contribution in [2.24, 2.45) is 11.8 Å². The molecule has 138 valence electrons. The number of rotatable bonds is 6. The van der Waals surface area contributed by atoms with Crippen molar-refractivity contribution in [1.29, 1.82) is 0 Å². The van der Waals surface area contributed by atoms with E-state index < -0.39 is 0 Å². The Balaban J connectivity index is 1.53. The van der Waals surface area contributed by atoms with Gasteiger partial charge in [-0.1, -0.05) is 33.1 Å². The van der Waals surface area contributed by atoms with Gasteiger partial charge >= 0.3 is 0 Å². The maximum atomic E-state index is 12.5. The van der Waals surface area contributed by atoms with Crippen LogP contribution in [0.15, 0.2) is 6.33 Å². The van der Waals surface area contributed by atoms with Gasteiger partial charge in [-0.15, -0.1) is 10.2 Å². The molecule has 0 aromatic carbocycles. The molecule has 1 saturated carbocycles. The molecule has 1 aliphatic heterocycles. The maximum absolute atomic E-state index is 12.5. The van der Waals surface area contributed by atoms with Crippen LogP contribution >= 0.6 is 0 Å². The second-order valence-corrected chi connectivity index (χ2v) is 7.76. The van der Waals surface area contributed by atoms with Crippen molar-refractivity contribution in [3.63, 3.8) is 0 Å². The van der Waals surface area contributed by atoms with Gasteiger partial charge in [0.05, 0.1) is 12.5 Å². The third-order valence-corrected chi connectivity index (χ3v) is 5.21. The van der Waals surface area contributed by atoms with Crippen molar-refractivity contribution in [3.05, 3.63) is 12.2 Å². The number of likely N-dealkylation sites (tertiary alicyclic amines) is 1. The second kappa shape index (κ2) is 7.97. The third-order valence-electron chi connectivity index (χ3n) is 5.21. The van der Waals surface area contributed by atoms with E-state index in [1.54, 1.807) is 11.2 Å². The smallest absolute Gasteiger partial charge is 0.225 e. The fourth-order valence-electron chi connectivity index (χ4n) is 3.93. The topological polar surface area (TPSA) is 80.1 Å². The van der Waals surface area contributed by atoms with Gasteiger partial charge < -0.3 is 14.8 Å². The molecule has 0 radical (unpaired) electrons. The molecule has 1 aromatic heterocycles. The number of hydrogen-bond acceptors (Lipinski definition) is 4. The van der Waals surface area contributed by atoms with Gasteiger partial charge in [-0.05, 0) is 18.8 Å². The molecule has 7 nitrogen and oxygen atoms in total. The highest BCUT2D eigenvalue weighted by atomic mass is 16.2. The minimum atomic E-state index is -0.252. The molecule has 0 spiro atoms. The lowest BCUT2D eigenvalue weighted by Gasteiger charge is -2.24. The Morgan fingerprint density at radius 2 is 2.08 bits per heavy atom. The van der Waals surface area contributed by atoms with Crippen LogP contribution in [0.25, 0.3) is 0 Å². The summed E-state index contributed by atoms with van der Waals surface area (Å²) in [6.07, 6.45) is 8.18. The first-order valence-corrected chi connectivity index (χ1v) is 9.48. The van der Waals surface area contributed by atoms with E-state index in [4.69, 9.17) is 0 Å². The van der Waals surface area contributed by atoms with E-state index in [-0.39, 0.29) is 17.7 Å². The summed E-state index contributed by atoms with van der Waals surface area (Å²) in [6, 6.07) is 0.449. The Labute approximate surface area is 149 Å². The number of aromatic nitrogens is 3. The summed E-state index contributed by atoms with van der Waals surface area (Å²) in [5.41, 5.74) is 0. The molecular formula is C18H29N5O2. The quantitative estimate of drug-likeness (QED) is 0.852. The van der Waals surface area contributed by atoms with E-state index in [0.717, 1.165) is 25.2 Å². The summed E-state index contributed by atoms with van der Waals surface area (Å²) < 4.78 is 2.12. The predicted molar refractivity (Wildman–Crippen MR) is 93.5 cm³/mol. The number of hydrogen-bond donors (Lipinski definition) is 1. The number of carbonyl (C=O) groups excluding carboxylic acids is 2. The van der Waals surface area contributed by atoms with E-state index in [1.165, 1.54) is 19.3 Å². The first-order valence-electron chi connectivity index (χ1n) is 9.48. The molecule has 2 amide bonds. The molecule has 1 N–H and O–H groups in total. The predicted octanol–water partition coefficient (Wildman–Crippen LogP) is 1.90. The van der Waals surface area contributed by atoms with Gasteiger partial charge in [0, 0.05) is 25.6 Å². The SMILES string of the molecule is CC(C)CN1CC(C(=O)NCc2nncn2C2CCCCC2)CC1=O. The highest BCUT2D eigenvalue weighted by Crippen LogP contribution is 2.28. The minimum absolute atomic E-state index is 0.0576. The van der Waals surface area contributed by atoms with Crippen molar-refractivity contribution in [1.82, 2.24) is 25.0 Å². The van der Waals surface area contributed by atoms with Crippen molar-refractivity contribution < 1.29 is 9.59 Å². The van der Waals surface area contributed by atoms with Crippen LogP contribution in [0.5, 0.6) is 0 Å². The molecule has 3 rings (SSSR count). The molecule has 0 bridgehead atoms. The normalized spacial score (nSPS) is 22.0. The van der Waals surface area contributed by atoms with Crippen LogP contribution in [-0.2, 0) is 16.1 Å². The third kappa shape index (κ3) is 4.38. The molecule has 1 aromatic rings. The molecule has 7 heteroatoms. The summed E-state index contributed by atoms with van der Waals surface area (Å²) in [6.45, 7) is 5.79. The fourth-order valence-corrected chi connectivity index (χ4v) is 3.93. The molecule has 1 atom stereocenters. The van der Waals surface area contributed by atoms with Crippen LogP contribution in [0, 0.1) is 11.8 Å². The van der Waals surface area contributed by atoms with Crippen LogP contribution in [0.3, 0.4) is 0 Å². The molecule has 2 fully saturated rings. The standard InChI is InChI=1S/C18H29N5O2/c1-13(2)10-22-11-14(8-17(22)24)18(25)19-9-16-21-20-12-23(16)15-6-4-3-5-7-15/h12-15H,3-11H2,1-2H3,(H,19,25). The van der Waals surface area contributed by atoms with Gasteiger partial charge in [-0.25, -0.2) is 0 Å². The van der Waals surface area contributed by atoms with Crippen molar-refractivity contribution in [3.8, 4) is 0 Å². The molecule has 2 aliphatic rings. The van der Waals surface area contributed by atoms with E-state index in [9.17, 15) is 9.59 Å². The zero-order valence-corrected chi connectivity index (χ0v) is 15.3. The Hall–Kier alpha value is -1.92. The van der Waals surface area contributed by atoms with E-state index in [1.807, 2.05) is 0 Å². The summed E-state index contributed by atoms with van der Waals surface area (Å²) in [5.74, 6) is 0.998. The minimum Gasteiger partial charge on any atom is -0.348 e. The van der Waals surface area contributed by atoms with Crippen molar-refractivity contribution in [2.75, 3.05) is 13.1 Å². The summed E-state index contributed by atoms with van der Waals surface area (Å²) in [7, 11) is 0. The van der Waals surface area contributed by atoms with Gasteiger partial charge in [-0.3, -0.25) is 9.59 Å². The highest BCUT2D eigenvalue weighted by Gasteiger charge is 2.34. The second-order valence-electron chi connectivity index (χ2n) is 7.76. The van der Waals surface area contributed by atoms with Crippen LogP contribution in [0.2, 0.25) is 0 Å². The average molecular weight is 347 g/mol. The van der Waals surface area contributed by atoms with E-state index >= 15 is 0 Å². The summed E-state index contributed by atoms with van der Waals surface area (Å²) in [4.78, 5) is 26.3. The van der Waals surface area contributed by atoms with Gasteiger partial charge in [0.1, 0.15) is 6.33 Å². The molecule has 2 heterocycles. The van der Waals surface area contributed by atoms with Crippen LogP contribution in [0.1, 0.15) is 64.2 Å². The molecular weight excluding hydrogens is 318 g/mol. The molecule has 25 heavy (non-hydrogen) atoms. The molecule has 1 saturated heterocycles. The molecule has 1 unspecified atom stereocenters. The fraction of sp³-hybridized carbons (Fsp3) is 0.778. The highest BCUT2D eigenvalue weighted by molar-refractivity contribution is 5.89. The zero-order chi connectivity index (χ0) is 17.8. The van der Waals surface area contributed by atoms with Gasteiger partial charge in [0.2, 0.25) is 11.8 Å². The lowest BCUT2D eigenvalue weighted by atomic mass is 9.95. The number of nitrogens with zero attached hydrogens (tertiary/aromatic N) is 4. The first-order chi connectivity index (χ1) is 12.0. The number of carbonyl (C=O) groups is 2. The molecule has 1 aliphatic carbocycles. The Morgan fingerprint density at radius 1 is 1.32 bits per heavy atom. The number of nitrogens with one attached hydrogen (secondary N) is 1. The largest absolute Gasteiger partial charge is 0.348 e. The number of amides is 2. The van der Waals surface area contributed by atoms with E-state index in [2.05, 4.69) is 33.9 Å². The van der Waals surface area contributed by atoms with Crippen molar-refractivity contribution in [2.45, 2.75) is 65.0 Å². The van der Waals surface area contributed by atoms with E-state index in [0.29, 0.717) is 31.5 Å². The summed E-state index contributed by atoms with van der Waals surface area (Å²) >= 11 is 0. The Bertz CT molecular complexity index is 606.